The van der Waals surface area contributed by atoms with Crippen molar-refractivity contribution in [3.05, 3.63) is 59.2 Å². The molecule has 4 aromatic heterocycles. The fourth-order valence-corrected chi connectivity index (χ4v) is 2.53. The summed E-state index contributed by atoms with van der Waals surface area (Å²) in [6, 6.07) is 11.3. The van der Waals surface area contributed by atoms with Crippen LogP contribution in [0.3, 0.4) is 0 Å². The summed E-state index contributed by atoms with van der Waals surface area (Å²) < 4.78 is 0. The Morgan fingerprint density at radius 3 is 1.21 bits per heavy atom. The number of pyridine rings is 2. The van der Waals surface area contributed by atoms with Crippen LogP contribution in [0, 0.1) is 27.7 Å². The van der Waals surface area contributed by atoms with Gasteiger partial charge in [0.15, 0.2) is 0 Å². The van der Waals surface area contributed by atoms with E-state index in [1.807, 2.05) is 64.1 Å². The third-order valence-electron chi connectivity index (χ3n) is 4.40. The van der Waals surface area contributed by atoms with Crippen LogP contribution in [0.25, 0.3) is 34.4 Å². The van der Waals surface area contributed by atoms with Crippen LogP contribution in [0.4, 0.5) is 0 Å². The minimum Gasteiger partial charge on any atom is -0.243 e. The van der Waals surface area contributed by atoms with E-state index in [4.69, 9.17) is 0 Å². The molecule has 0 aliphatic rings. The largest absolute Gasteiger partial charge is 0.243 e. The molecule has 138 valence electrons. The van der Waals surface area contributed by atoms with Gasteiger partial charge in [-0.1, -0.05) is 12.1 Å². The topological polar surface area (TPSA) is 103 Å². The van der Waals surface area contributed by atoms with Crippen LogP contribution in [0.1, 0.15) is 22.8 Å². The van der Waals surface area contributed by atoms with E-state index in [1.165, 1.54) is 0 Å². The smallest absolute Gasteiger partial charge is 0.200 e. The van der Waals surface area contributed by atoms with Gasteiger partial charge in [0.1, 0.15) is 11.4 Å². The van der Waals surface area contributed by atoms with Crippen molar-refractivity contribution < 1.29 is 0 Å². The van der Waals surface area contributed by atoms with Crippen molar-refractivity contribution in [2.24, 2.45) is 0 Å². The Hall–Kier alpha value is -3.68. The van der Waals surface area contributed by atoms with Gasteiger partial charge >= 0.3 is 0 Å². The molecule has 0 saturated heterocycles. The lowest BCUT2D eigenvalue weighted by atomic mass is 10.2. The summed E-state index contributed by atoms with van der Waals surface area (Å²) in [7, 11) is 0. The Bertz CT molecular complexity index is 1080. The van der Waals surface area contributed by atoms with Crippen molar-refractivity contribution in [3.8, 4) is 34.4 Å². The van der Waals surface area contributed by atoms with Crippen LogP contribution in [-0.4, -0.2) is 40.3 Å². The number of hydrogen-bond donors (Lipinski definition) is 0. The second-order valence-corrected chi connectivity index (χ2v) is 6.43. The van der Waals surface area contributed by atoms with Crippen molar-refractivity contribution in [3.63, 3.8) is 0 Å². The molecule has 8 heteroatoms. The van der Waals surface area contributed by atoms with Gasteiger partial charge in [0, 0.05) is 0 Å². The minimum absolute atomic E-state index is 0.489. The van der Waals surface area contributed by atoms with Gasteiger partial charge in [-0.15, -0.1) is 10.2 Å². The molecular weight excluding hydrogens is 352 g/mol. The van der Waals surface area contributed by atoms with Gasteiger partial charge in [0.2, 0.25) is 11.6 Å². The molecule has 4 aromatic rings. The maximum atomic E-state index is 4.67. The SMILES string of the molecule is Cc1nnc(-c2cccc(-c3cccc(-c4nnc(C)c(C)n4)n3)n2)nc1C. The van der Waals surface area contributed by atoms with E-state index in [1.54, 1.807) is 0 Å². The Kier molecular flexibility index (Phi) is 4.52. The summed E-state index contributed by atoms with van der Waals surface area (Å²) in [6.45, 7) is 7.56. The van der Waals surface area contributed by atoms with E-state index in [9.17, 15) is 0 Å². The van der Waals surface area contributed by atoms with Gasteiger partial charge in [0.25, 0.3) is 0 Å². The molecule has 4 rings (SSSR count). The molecule has 0 N–H and O–H groups in total. The molecule has 0 amide bonds. The molecule has 8 nitrogen and oxygen atoms in total. The number of hydrogen-bond acceptors (Lipinski definition) is 8. The highest BCUT2D eigenvalue weighted by atomic mass is 15.2. The van der Waals surface area contributed by atoms with E-state index in [0.29, 0.717) is 34.4 Å². The van der Waals surface area contributed by atoms with Crippen LogP contribution in [-0.2, 0) is 0 Å². The third-order valence-corrected chi connectivity index (χ3v) is 4.40. The van der Waals surface area contributed by atoms with Crippen LogP contribution in [0.15, 0.2) is 36.4 Å². The summed E-state index contributed by atoms with van der Waals surface area (Å²) in [6.07, 6.45) is 0. The van der Waals surface area contributed by atoms with Crippen LogP contribution < -0.4 is 0 Å². The average Bonchev–Trinajstić information content (AvgIpc) is 2.72. The van der Waals surface area contributed by atoms with Gasteiger partial charge in [-0.25, -0.2) is 19.9 Å². The number of aromatic nitrogens is 8. The molecular formula is C20H18N8. The first-order chi connectivity index (χ1) is 13.5. The van der Waals surface area contributed by atoms with Gasteiger partial charge in [-0.3, -0.25) is 0 Å². The molecule has 0 saturated carbocycles. The van der Waals surface area contributed by atoms with E-state index < -0.39 is 0 Å². The standard InChI is InChI=1S/C20H18N8/c1-11-13(3)25-27-19(21-11)17-9-5-7-15(23-17)16-8-6-10-18(24-16)20-22-12(2)14(4)26-28-20/h5-10H,1-4H3. The van der Waals surface area contributed by atoms with Crippen molar-refractivity contribution in [1.82, 2.24) is 40.3 Å². The number of rotatable bonds is 3. The average molecular weight is 370 g/mol. The molecule has 28 heavy (non-hydrogen) atoms. The minimum atomic E-state index is 0.489. The zero-order valence-corrected chi connectivity index (χ0v) is 16.0. The first-order valence-electron chi connectivity index (χ1n) is 8.82. The molecule has 0 aliphatic heterocycles. The maximum absolute atomic E-state index is 4.67. The van der Waals surface area contributed by atoms with E-state index in [-0.39, 0.29) is 0 Å². The molecule has 0 aromatic carbocycles. The zero-order chi connectivity index (χ0) is 19.7. The van der Waals surface area contributed by atoms with E-state index in [0.717, 1.165) is 22.8 Å². The van der Waals surface area contributed by atoms with Crippen molar-refractivity contribution in [2.75, 3.05) is 0 Å². The van der Waals surface area contributed by atoms with Crippen LogP contribution >= 0.6 is 0 Å². The normalized spacial score (nSPS) is 10.9. The number of nitrogens with zero attached hydrogens (tertiary/aromatic N) is 8. The maximum Gasteiger partial charge on any atom is 0.200 e. The predicted molar refractivity (Wildman–Crippen MR) is 104 cm³/mol. The predicted octanol–water partition coefficient (Wildman–Crippen LogP) is 3.08. The van der Waals surface area contributed by atoms with E-state index in [2.05, 4.69) is 40.3 Å². The molecule has 0 bridgehead atoms. The fourth-order valence-electron chi connectivity index (χ4n) is 2.53. The molecule has 0 atom stereocenters. The summed E-state index contributed by atoms with van der Waals surface area (Å²) in [5.74, 6) is 0.977. The lowest BCUT2D eigenvalue weighted by Crippen LogP contribution is -2.02. The van der Waals surface area contributed by atoms with Crippen LogP contribution in [0.2, 0.25) is 0 Å². The Labute approximate surface area is 162 Å². The second-order valence-electron chi connectivity index (χ2n) is 6.43. The molecule has 0 radical (unpaired) electrons. The van der Waals surface area contributed by atoms with Crippen molar-refractivity contribution >= 4 is 0 Å². The Balaban J connectivity index is 1.73. The summed E-state index contributed by atoms with van der Waals surface area (Å²) in [5, 5.41) is 16.6. The van der Waals surface area contributed by atoms with Crippen LogP contribution in [0.5, 0.6) is 0 Å². The van der Waals surface area contributed by atoms with Crippen molar-refractivity contribution in [1.29, 1.82) is 0 Å². The molecule has 0 fully saturated rings. The highest BCUT2D eigenvalue weighted by Crippen LogP contribution is 2.22. The Morgan fingerprint density at radius 1 is 0.429 bits per heavy atom. The Morgan fingerprint density at radius 2 is 0.821 bits per heavy atom. The third kappa shape index (κ3) is 3.44. The van der Waals surface area contributed by atoms with Gasteiger partial charge in [-0.2, -0.15) is 10.2 Å². The zero-order valence-electron chi connectivity index (χ0n) is 16.0. The molecule has 0 aliphatic carbocycles. The highest BCUT2D eigenvalue weighted by molar-refractivity contribution is 5.62. The summed E-state index contributed by atoms with van der Waals surface area (Å²) in [4.78, 5) is 18.3. The lowest BCUT2D eigenvalue weighted by molar-refractivity contribution is 0.898. The summed E-state index contributed by atoms with van der Waals surface area (Å²) in [5.41, 5.74) is 5.96. The molecule has 4 heterocycles. The number of aryl methyl sites for hydroxylation is 4. The first-order valence-corrected chi connectivity index (χ1v) is 8.82. The lowest BCUT2D eigenvalue weighted by Gasteiger charge is -2.06. The monoisotopic (exact) mass is 370 g/mol. The highest BCUT2D eigenvalue weighted by Gasteiger charge is 2.11. The molecule has 0 unspecified atom stereocenters. The van der Waals surface area contributed by atoms with Crippen molar-refractivity contribution in [2.45, 2.75) is 27.7 Å². The van der Waals surface area contributed by atoms with E-state index >= 15 is 0 Å². The molecule has 0 spiro atoms. The first kappa shape index (κ1) is 17.7. The van der Waals surface area contributed by atoms with Gasteiger partial charge in [0.05, 0.1) is 34.2 Å². The van der Waals surface area contributed by atoms with Gasteiger partial charge < -0.3 is 0 Å². The quantitative estimate of drug-likeness (QED) is 0.542. The fraction of sp³-hybridized carbons (Fsp3) is 0.200. The summed E-state index contributed by atoms with van der Waals surface area (Å²) >= 11 is 0. The van der Waals surface area contributed by atoms with Gasteiger partial charge in [-0.05, 0) is 52.0 Å². The second kappa shape index (κ2) is 7.15.